The van der Waals surface area contributed by atoms with Gasteiger partial charge in [-0.15, -0.1) is 0 Å². The third-order valence-corrected chi connectivity index (χ3v) is 4.67. The zero-order chi connectivity index (χ0) is 19.9. The molecule has 0 aliphatic heterocycles. The molecule has 0 aliphatic carbocycles. The molecule has 0 fully saturated rings. The number of nitrogens with one attached hydrogen (secondary N) is 2. The molecule has 0 radical (unpaired) electrons. The molecule has 1 aromatic heterocycles. The first-order valence-corrected chi connectivity index (χ1v) is 10.00. The largest absolute Gasteiger partial charge is 0.352 e. The average Bonchev–Trinajstić information content (AvgIpc) is 2.65. The summed E-state index contributed by atoms with van der Waals surface area (Å²) in [5, 5.41) is 10.5. The minimum atomic E-state index is -3.72. The van der Waals surface area contributed by atoms with Crippen molar-refractivity contribution in [2.24, 2.45) is 5.14 Å². The van der Waals surface area contributed by atoms with Gasteiger partial charge in [0.1, 0.15) is 5.69 Å². The minimum Gasteiger partial charge on any atom is -0.352 e. The SMILES string of the molecule is CCCNC(=O)c1cc(C(=O)NCCc2ccc(S(N)(=O)=O)cc2)ccn1. The molecule has 144 valence electrons. The predicted molar refractivity (Wildman–Crippen MR) is 101 cm³/mol. The number of benzene rings is 1. The number of hydrogen-bond donors (Lipinski definition) is 3. The van der Waals surface area contributed by atoms with Crippen molar-refractivity contribution in [1.29, 1.82) is 0 Å². The van der Waals surface area contributed by atoms with Crippen molar-refractivity contribution in [3.05, 3.63) is 59.4 Å². The number of nitrogens with zero attached hydrogens (tertiary/aromatic N) is 1. The molecule has 2 amide bonds. The highest BCUT2D eigenvalue weighted by Crippen LogP contribution is 2.09. The summed E-state index contributed by atoms with van der Waals surface area (Å²) < 4.78 is 22.5. The molecule has 1 heterocycles. The quantitative estimate of drug-likeness (QED) is 0.615. The lowest BCUT2D eigenvalue weighted by molar-refractivity contribution is 0.0948. The summed E-state index contributed by atoms with van der Waals surface area (Å²) in [6.07, 6.45) is 2.75. The van der Waals surface area contributed by atoms with Gasteiger partial charge >= 0.3 is 0 Å². The molecular weight excluding hydrogens is 368 g/mol. The highest BCUT2D eigenvalue weighted by atomic mass is 32.2. The van der Waals surface area contributed by atoms with Crippen LogP contribution < -0.4 is 15.8 Å². The first-order chi connectivity index (χ1) is 12.8. The Morgan fingerprint density at radius 1 is 1.04 bits per heavy atom. The van der Waals surface area contributed by atoms with E-state index in [-0.39, 0.29) is 22.4 Å². The van der Waals surface area contributed by atoms with Crippen molar-refractivity contribution in [3.63, 3.8) is 0 Å². The molecule has 0 saturated carbocycles. The van der Waals surface area contributed by atoms with Crippen LogP contribution in [0, 0.1) is 0 Å². The van der Waals surface area contributed by atoms with Gasteiger partial charge < -0.3 is 10.6 Å². The van der Waals surface area contributed by atoms with Crippen LogP contribution in [0.15, 0.2) is 47.5 Å². The molecule has 4 N–H and O–H groups in total. The van der Waals surface area contributed by atoms with Crippen LogP contribution in [-0.4, -0.2) is 38.3 Å². The molecule has 0 unspecified atom stereocenters. The van der Waals surface area contributed by atoms with Crippen molar-refractivity contribution < 1.29 is 18.0 Å². The summed E-state index contributed by atoms with van der Waals surface area (Å²) in [4.78, 5) is 28.2. The van der Waals surface area contributed by atoms with E-state index in [1.165, 1.54) is 30.5 Å². The van der Waals surface area contributed by atoms with Crippen molar-refractivity contribution in [1.82, 2.24) is 15.6 Å². The van der Waals surface area contributed by atoms with E-state index < -0.39 is 10.0 Å². The maximum atomic E-state index is 12.2. The summed E-state index contributed by atoms with van der Waals surface area (Å²) >= 11 is 0. The van der Waals surface area contributed by atoms with Crippen molar-refractivity contribution in [3.8, 4) is 0 Å². The summed E-state index contributed by atoms with van der Waals surface area (Å²) in [5.41, 5.74) is 1.39. The number of sulfonamides is 1. The molecule has 2 rings (SSSR count). The third kappa shape index (κ3) is 6.15. The minimum absolute atomic E-state index is 0.0425. The molecule has 1 aromatic carbocycles. The van der Waals surface area contributed by atoms with E-state index >= 15 is 0 Å². The summed E-state index contributed by atoms with van der Waals surface area (Å²) in [6.45, 7) is 2.84. The molecule has 0 aliphatic rings. The van der Waals surface area contributed by atoms with Gasteiger partial charge in [0, 0.05) is 24.8 Å². The van der Waals surface area contributed by atoms with Gasteiger partial charge in [0.25, 0.3) is 11.8 Å². The van der Waals surface area contributed by atoms with Gasteiger partial charge in [0.2, 0.25) is 10.0 Å². The highest BCUT2D eigenvalue weighted by Gasteiger charge is 2.11. The number of aromatic nitrogens is 1. The zero-order valence-electron chi connectivity index (χ0n) is 14.9. The van der Waals surface area contributed by atoms with E-state index in [0.29, 0.717) is 25.1 Å². The summed E-state index contributed by atoms with van der Waals surface area (Å²) in [5.74, 6) is -0.635. The second kappa shape index (κ2) is 9.24. The molecule has 0 spiro atoms. The van der Waals surface area contributed by atoms with Crippen molar-refractivity contribution in [2.75, 3.05) is 13.1 Å². The van der Waals surface area contributed by atoms with Crippen LogP contribution in [0.25, 0.3) is 0 Å². The zero-order valence-corrected chi connectivity index (χ0v) is 15.8. The number of primary sulfonamides is 1. The van der Waals surface area contributed by atoms with Crippen LogP contribution in [0.1, 0.15) is 39.8 Å². The van der Waals surface area contributed by atoms with Gasteiger partial charge in [-0.05, 0) is 42.7 Å². The van der Waals surface area contributed by atoms with E-state index in [1.54, 1.807) is 12.1 Å². The van der Waals surface area contributed by atoms with Gasteiger partial charge in [-0.25, -0.2) is 13.6 Å². The van der Waals surface area contributed by atoms with Gasteiger partial charge in [-0.1, -0.05) is 19.1 Å². The number of rotatable bonds is 8. The van der Waals surface area contributed by atoms with Crippen LogP contribution in [-0.2, 0) is 16.4 Å². The fraction of sp³-hybridized carbons (Fsp3) is 0.278. The Hall–Kier alpha value is -2.78. The average molecular weight is 390 g/mol. The second-order valence-corrected chi connectivity index (χ2v) is 7.44. The number of amides is 2. The lowest BCUT2D eigenvalue weighted by atomic mass is 10.1. The standard InChI is InChI=1S/C18H22N4O4S/c1-2-9-21-18(24)16-12-14(8-11-20-16)17(23)22-10-7-13-3-5-15(6-4-13)27(19,25)26/h3-6,8,11-12H,2,7,9-10H2,1H3,(H,21,24)(H,22,23)(H2,19,25,26). The van der Waals surface area contributed by atoms with Crippen LogP contribution >= 0.6 is 0 Å². The monoisotopic (exact) mass is 390 g/mol. The molecule has 27 heavy (non-hydrogen) atoms. The number of pyridine rings is 1. The lowest BCUT2D eigenvalue weighted by Gasteiger charge is -2.07. The Kier molecular flexibility index (Phi) is 7.03. The third-order valence-electron chi connectivity index (χ3n) is 3.74. The van der Waals surface area contributed by atoms with E-state index in [0.717, 1.165) is 12.0 Å². The first-order valence-electron chi connectivity index (χ1n) is 8.45. The van der Waals surface area contributed by atoms with Crippen molar-refractivity contribution in [2.45, 2.75) is 24.7 Å². The van der Waals surface area contributed by atoms with Gasteiger partial charge in [-0.2, -0.15) is 0 Å². The van der Waals surface area contributed by atoms with Crippen LogP contribution in [0.5, 0.6) is 0 Å². The smallest absolute Gasteiger partial charge is 0.269 e. The molecular formula is C18H22N4O4S. The fourth-order valence-corrected chi connectivity index (χ4v) is 2.81. The Balaban J connectivity index is 1.91. The van der Waals surface area contributed by atoms with Gasteiger partial charge in [0.05, 0.1) is 4.90 Å². The molecule has 0 saturated heterocycles. The maximum absolute atomic E-state index is 12.2. The summed E-state index contributed by atoms with van der Waals surface area (Å²) in [6, 6.07) is 9.13. The van der Waals surface area contributed by atoms with E-state index in [9.17, 15) is 18.0 Å². The number of carbonyl (C=O) groups excluding carboxylic acids is 2. The lowest BCUT2D eigenvalue weighted by Crippen LogP contribution is -2.28. The maximum Gasteiger partial charge on any atom is 0.269 e. The molecule has 0 atom stereocenters. The van der Waals surface area contributed by atoms with Crippen LogP contribution in [0.4, 0.5) is 0 Å². The Labute approximate surface area is 158 Å². The number of nitrogens with two attached hydrogens (primary N) is 1. The molecule has 2 aromatic rings. The van der Waals surface area contributed by atoms with E-state index in [2.05, 4.69) is 15.6 Å². The van der Waals surface area contributed by atoms with Gasteiger partial charge in [-0.3, -0.25) is 14.6 Å². The highest BCUT2D eigenvalue weighted by molar-refractivity contribution is 7.89. The van der Waals surface area contributed by atoms with Gasteiger partial charge in [0.15, 0.2) is 0 Å². The Morgan fingerprint density at radius 2 is 1.70 bits per heavy atom. The second-order valence-electron chi connectivity index (χ2n) is 5.88. The predicted octanol–water partition coefficient (Wildman–Crippen LogP) is 0.841. The Bertz CT molecular complexity index is 911. The topological polar surface area (TPSA) is 131 Å². The van der Waals surface area contributed by atoms with Crippen molar-refractivity contribution >= 4 is 21.8 Å². The van der Waals surface area contributed by atoms with Crippen LogP contribution in [0.2, 0.25) is 0 Å². The fourth-order valence-electron chi connectivity index (χ4n) is 2.29. The first kappa shape index (κ1) is 20.5. The Morgan fingerprint density at radius 3 is 2.33 bits per heavy atom. The number of carbonyl (C=O) groups is 2. The van der Waals surface area contributed by atoms with Crippen LogP contribution in [0.3, 0.4) is 0 Å². The van der Waals surface area contributed by atoms with E-state index in [1.807, 2.05) is 6.92 Å². The molecule has 0 bridgehead atoms. The number of hydrogen-bond acceptors (Lipinski definition) is 5. The summed E-state index contributed by atoms with van der Waals surface area (Å²) in [7, 11) is -3.72. The molecule has 8 nitrogen and oxygen atoms in total. The molecule has 9 heteroatoms. The van der Waals surface area contributed by atoms with E-state index in [4.69, 9.17) is 5.14 Å². The normalized spacial score (nSPS) is 11.0.